The fourth-order valence-electron chi connectivity index (χ4n) is 1.28. The average molecular weight is 289 g/mol. The van der Waals surface area contributed by atoms with E-state index in [0.29, 0.717) is 5.56 Å². The highest BCUT2D eigenvalue weighted by Crippen LogP contribution is 2.11. The second kappa shape index (κ2) is 5.50. The molecule has 2 aromatic rings. The molecule has 0 unspecified atom stereocenters. The Morgan fingerprint density at radius 2 is 1.88 bits per heavy atom. The molecule has 0 bridgehead atoms. The molecule has 0 aliphatic carbocycles. The molecule has 0 spiro atoms. The predicted octanol–water partition coefficient (Wildman–Crippen LogP) is 3.14. The zero-order valence-corrected chi connectivity index (χ0v) is 10.5. The SMILES string of the molecule is O=C(/C=C/c1ccc(Br)cc1)c1ccnnc1. The van der Waals surface area contributed by atoms with Gasteiger partial charge in [-0.05, 0) is 29.8 Å². The van der Waals surface area contributed by atoms with Crippen molar-refractivity contribution in [3.8, 4) is 0 Å². The van der Waals surface area contributed by atoms with Crippen molar-refractivity contribution < 1.29 is 4.79 Å². The van der Waals surface area contributed by atoms with Crippen LogP contribution in [0.25, 0.3) is 6.08 Å². The Morgan fingerprint density at radius 1 is 1.12 bits per heavy atom. The number of allylic oxidation sites excluding steroid dienone is 1. The molecule has 17 heavy (non-hydrogen) atoms. The number of aromatic nitrogens is 2. The standard InChI is InChI=1S/C13H9BrN2O/c14-12-4-1-10(2-5-12)3-6-13(17)11-7-8-15-16-9-11/h1-9H/b6-3+. The van der Waals surface area contributed by atoms with E-state index in [0.717, 1.165) is 10.0 Å². The van der Waals surface area contributed by atoms with Gasteiger partial charge >= 0.3 is 0 Å². The van der Waals surface area contributed by atoms with Gasteiger partial charge in [0.1, 0.15) is 0 Å². The van der Waals surface area contributed by atoms with E-state index < -0.39 is 0 Å². The lowest BCUT2D eigenvalue weighted by Gasteiger charge is -1.94. The fraction of sp³-hybridized carbons (Fsp3) is 0. The number of carbonyl (C=O) groups excluding carboxylic acids is 1. The summed E-state index contributed by atoms with van der Waals surface area (Å²) in [6, 6.07) is 9.36. The van der Waals surface area contributed by atoms with E-state index in [-0.39, 0.29) is 5.78 Å². The van der Waals surface area contributed by atoms with Gasteiger partial charge in [0.15, 0.2) is 5.78 Å². The Morgan fingerprint density at radius 3 is 2.53 bits per heavy atom. The number of hydrogen-bond donors (Lipinski definition) is 0. The smallest absolute Gasteiger partial charge is 0.187 e. The van der Waals surface area contributed by atoms with E-state index in [2.05, 4.69) is 26.1 Å². The summed E-state index contributed by atoms with van der Waals surface area (Å²) in [5, 5.41) is 7.29. The number of hydrogen-bond acceptors (Lipinski definition) is 3. The van der Waals surface area contributed by atoms with Crippen LogP contribution in [0.3, 0.4) is 0 Å². The van der Waals surface area contributed by atoms with E-state index in [1.165, 1.54) is 18.5 Å². The first-order valence-electron chi connectivity index (χ1n) is 5.00. The summed E-state index contributed by atoms with van der Waals surface area (Å²) >= 11 is 3.36. The average Bonchev–Trinajstić information content (AvgIpc) is 2.39. The Bertz CT molecular complexity index is 535. The molecule has 2 rings (SSSR count). The van der Waals surface area contributed by atoms with Crippen molar-refractivity contribution in [2.24, 2.45) is 0 Å². The molecule has 0 N–H and O–H groups in total. The van der Waals surface area contributed by atoms with Crippen LogP contribution in [0.2, 0.25) is 0 Å². The number of benzene rings is 1. The van der Waals surface area contributed by atoms with Gasteiger partial charge in [0.05, 0.1) is 12.4 Å². The van der Waals surface area contributed by atoms with Crippen LogP contribution >= 0.6 is 15.9 Å². The van der Waals surface area contributed by atoms with Crippen molar-refractivity contribution in [2.75, 3.05) is 0 Å². The third-order valence-corrected chi connectivity index (χ3v) is 2.69. The molecule has 0 aliphatic rings. The molecule has 0 radical (unpaired) electrons. The molecular formula is C13H9BrN2O. The number of nitrogens with zero attached hydrogens (tertiary/aromatic N) is 2. The first-order valence-corrected chi connectivity index (χ1v) is 5.80. The van der Waals surface area contributed by atoms with E-state index in [1.54, 1.807) is 12.1 Å². The van der Waals surface area contributed by atoms with Crippen molar-refractivity contribution in [3.05, 3.63) is 64.4 Å². The lowest BCUT2D eigenvalue weighted by atomic mass is 10.1. The van der Waals surface area contributed by atoms with E-state index in [9.17, 15) is 4.79 Å². The van der Waals surface area contributed by atoms with Gasteiger partial charge in [0.25, 0.3) is 0 Å². The maximum absolute atomic E-state index is 11.7. The minimum absolute atomic E-state index is 0.0807. The number of carbonyl (C=O) groups is 1. The highest BCUT2D eigenvalue weighted by Gasteiger charge is 2.00. The van der Waals surface area contributed by atoms with Crippen LogP contribution in [0.15, 0.2) is 53.3 Å². The summed E-state index contributed by atoms with van der Waals surface area (Å²) in [5.41, 5.74) is 1.51. The number of rotatable bonds is 3. The van der Waals surface area contributed by atoms with Crippen LogP contribution in [0.1, 0.15) is 15.9 Å². The lowest BCUT2D eigenvalue weighted by Crippen LogP contribution is -1.95. The van der Waals surface area contributed by atoms with Crippen molar-refractivity contribution in [2.45, 2.75) is 0 Å². The van der Waals surface area contributed by atoms with E-state index in [1.807, 2.05) is 24.3 Å². The normalized spacial score (nSPS) is 10.6. The molecule has 0 saturated carbocycles. The number of halogens is 1. The zero-order chi connectivity index (χ0) is 12.1. The first kappa shape index (κ1) is 11.7. The largest absolute Gasteiger partial charge is 0.289 e. The Hall–Kier alpha value is -1.81. The van der Waals surface area contributed by atoms with Gasteiger partial charge in [-0.1, -0.05) is 34.1 Å². The molecule has 3 nitrogen and oxygen atoms in total. The maximum Gasteiger partial charge on any atom is 0.187 e. The third kappa shape index (κ3) is 3.32. The molecule has 0 fully saturated rings. The van der Waals surface area contributed by atoms with Crippen molar-refractivity contribution >= 4 is 27.8 Å². The Kier molecular flexibility index (Phi) is 3.77. The Labute approximate surface area is 107 Å². The molecule has 84 valence electrons. The highest BCUT2D eigenvalue weighted by molar-refractivity contribution is 9.10. The quantitative estimate of drug-likeness (QED) is 0.644. The van der Waals surface area contributed by atoms with Crippen LogP contribution in [0, 0.1) is 0 Å². The highest BCUT2D eigenvalue weighted by atomic mass is 79.9. The van der Waals surface area contributed by atoms with Crippen molar-refractivity contribution in [1.29, 1.82) is 0 Å². The van der Waals surface area contributed by atoms with Crippen LogP contribution in [0.4, 0.5) is 0 Å². The van der Waals surface area contributed by atoms with Crippen LogP contribution in [0.5, 0.6) is 0 Å². The molecular weight excluding hydrogens is 280 g/mol. The summed E-state index contributed by atoms with van der Waals surface area (Å²) in [5.74, 6) is -0.0807. The van der Waals surface area contributed by atoms with Gasteiger partial charge < -0.3 is 0 Å². The zero-order valence-electron chi connectivity index (χ0n) is 8.88. The summed E-state index contributed by atoms with van der Waals surface area (Å²) < 4.78 is 1.01. The molecule has 0 aliphatic heterocycles. The van der Waals surface area contributed by atoms with Gasteiger partial charge in [-0.25, -0.2) is 0 Å². The summed E-state index contributed by atoms with van der Waals surface area (Å²) in [6.45, 7) is 0. The maximum atomic E-state index is 11.7. The second-order valence-corrected chi connectivity index (χ2v) is 4.30. The topological polar surface area (TPSA) is 42.9 Å². The second-order valence-electron chi connectivity index (χ2n) is 3.38. The molecule has 0 amide bonds. The predicted molar refractivity (Wildman–Crippen MR) is 69.5 cm³/mol. The minimum Gasteiger partial charge on any atom is -0.289 e. The molecule has 1 aromatic carbocycles. The van der Waals surface area contributed by atoms with Crippen LogP contribution in [-0.2, 0) is 0 Å². The fourth-order valence-corrected chi connectivity index (χ4v) is 1.54. The summed E-state index contributed by atoms with van der Waals surface area (Å²) in [7, 11) is 0. The van der Waals surface area contributed by atoms with Gasteiger partial charge in [-0.15, -0.1) is 0 Å². The monoisotopic (exact) mass is 288 g/mol. The van der Waals surface area contributed by atoms with Gasteiger partial charge in [0, 0.05) is 10.0 Å². The summed E-state index contributed by atoms with van der Waals surface area (Å²) in [4.78, 5) is 11.7. The van der Waals surface area contributed by atoms with Gasteiger partial charge in [-0.2, -0.15) is 10.2 Å². The minimum atomic E-state index is -0.0807. The van der Waals surface area contributed by atoms with E-state index in [4.69, 9.17) is 0 Å². The molecule has 0 saturated heterocycles. The Balaban J connectivity index is 2.11. The molecule has 4 heteroatoms. The van der Waals surface area contributed by atoms with Gasteiger partial charge in [-0.3, -0.25) is 4.79 Å². The van der Waals surface area contributed by atoms with Gasteiger partial charge in [0.2, 0.25) is 0 Å². The third-order valence-electron chi connectivity index (χ3n) is 2.17. The molecule has 1 heterocycles. The number of ketones is 1. The molecule has 1 aromatic heterocycles. The van der Waals surface area contributed by atoms with Crippen molar-refractivity contribution in [1.82, 2.24) is 10.2 Å². The lowest BCUT2D eigenvalue weighted by molar-refractivity contribution is 0.104. The van der Waals surface area contributed by atoms with Crippen LogP contribution in [-0.4, -0.2) is 16.0 Å². The molecule has 0 atom stereocenters. The van der Waals surface area contributed by atoms with Crippen molar-refractivity contribution in [3.63, 3.8) is 0 Å². The van der Waals surface area contributed by atoms with E-state index >= 15 is 0 Å². The first-order chi connectivity index (χ1) is 8.25. The summed E-state index contributed by atoms with van der Waals surface area (Å²) in [6.07, 6.45) is 6.25. The van der Waals surface area contributed by atoms with Crippen LogP contribution < -0.4 is 0 Å².